The van der Waals surface area contributed by atoms with Gasteiger partial charge in [-0.3, -0.25) is 0 Å². The number of nitrogens with two attached hydrogens (primary N) is 1. The number of hydrogen-bond acceptors (Lipinski definition) is 5. The first kappa shape index (κ1) is 14.1. The van der Waals surface area contributed by atoms with Gasteiger partial charge >= 0.3 is 0 Å². The van der Waals surface area contributed by atoms with Gasteiger partial charge in [0.2, 0.25) is 0 Å². The molecule has 1 aromatic rings. The third kappa shape index (κ3) is 4.79. The molecule has 5 nitrogen and oxygen atoms in total. The molecule has 0 aromatic carbocycles. The Bertz CT molecular complexity index is 485. The molecule has 1 unspecified atom stereocenters. The molecule has 0 spiro atoms. The summed E-state index contributed by atoms with van der Waals surface area (Å²) in [6.45, 7) is 3.72. The minimum atomic E-state index is -2.90. The highest BCUT2D eigenvalue weighted by Crippen LogP contribution is 2.18. The monoisotopic (exact) mass is 257 g/mol. The van der Waals surface area contributed by atoms with Gasteiger partial charge in [-0.05, 0) is 38.3 Å². The van der Waals surface area contributed by atoms with Crippen molar-refractivity contribution in [1.29, 1.82) is 0 Å². The van der Waals surface area contributed by atoms with Gasteiger partial charge < -0.3 is 5.73 Å². The van der Waals surface area contributed by atoms with Gasteiger partial charge in [-0.25, -0.2) is 8.42 Å². The Labute approximate surface area is 102 Å². The van der Waals surface area contributed by atoms with Crippen LogP contribution in [0.5, 0.6) is 0 Å². The van der Waals surface area contributed by atoms with Crippen molar-refractivity contribution in [3.8, 4) is 0 Å². The Morgan fingerprint density at radius 3 is 2.59 bits per heavy atom. The summed E-state index contributed by atoms with van der Waals surface area (Å²) in [5.41, 5.74) is 8.61. The van der Waals surface area contributed by atoms with Gasteiger partial charge in [0.1, 0.15) is 9.84 Å². The van der Waals surface area contributed by atoms with Crippen LogP contribution in [0.3, 0.4) is 0 Å². The maximum Gasteiger partial charge on any atom is 0.147 e. The first-order chi connectivity index (χ1) is 7.79. The molecular weight excluding hydrogens is 238 g/mol. The fraction of sp³-hybridized carbons (Fsp3) is 0.636. The summed E-state index contributed by atoms with van der Waals surface area (Å²) >= 11 is 0. The van der Waals surface area contributed by atoms with E-state index >= 15 is 0 Å². The van der Waals surface area contributed by atoms with E-state index < -0.39 is 9.84 Å². The minimum Gasteiger partial charge on any atom is -0.324 e. The molecule has 0 bridgehead atoms. The van der Waals surface area contributed by atoms with E-state index in [2.05, 4.69) is 10.2 Å². The number of rotatable bonds is 5. The normalized spacial score (nSPS) is 13.6. The van der Waals surface area contributed by atoms with Gasteiger partial charge in [-0.2, -0.15) is 10.2 Å². The third-order valence-electron chi connectivity index (χ3n) is 2.57. The number of sulfone groups is 1. The van der Waals surface area contributed by atoms with Crippen molar-refractivity contribution in [3.63, 3.8) is 0 Å². The van der Waals surface area contributed by atoms with Gasteiger partial charge in [0, 0.05) is 18.1 Å². The summed E-state index contributed by atoms with van der Waals surface area (Å²) in [5.74, 6) is 0.178. The molecule has 2 N–H and O–H groups in total. The summed E-state index contributed by atoms with van der Waals surface area (Å²) < 4.78 is 22.0. The van der Waals surface area contributed by atoms with E-state index in [1.807, 2.05) is 19.9 Å². The molecule has 0 aliphatic rings. The zero-order valence-electron chi connectivity index (χ0n) is 10.5. The maximum absolute atomic E-state index is 11.0. The van der Waals surface area contributed by atoms with Crippen molar-refractivity contribution >= 4 is 9.84 Å². The lowest BCUT2D eigenvalue weighted by molar-refractivity contribution is 0.586. The summed E-state index contributed by atoms with van der Waals surface area (Å²) in [5, 5.41) is 7.95. The zero-order chi connectivity index (χ0) is 13.1. The second kappa shape index (κ2) is 5.55. The fourth-order valence-electron chi connectivity index (χ4n) is 1.67. The molecule has 0 fully saturated rings. The number of aromatic nitrogens is 2. The van der Waals surface area contributed by atoms with Crippen molar-refractivity contribution in [1.82, 2.24) is 10.2 Å². The highest BCUT2D eigenvalue weighted by Gasteiger charge is 2.12. The predicted molar refractivity (Wildman–Crippen MR) is 67.4 cm³/mol. The Hall–Kier alpha value is -1.01. The van der Waals surface area contributed by atoms with Gasteiger partial charge in [0.15, 0.2) is 0 Å². The van der Waals surface area contributed by atoms with E-state index in [0.717, 1.165) is 17.0 Å². The Kier molecular flexibility index (Phi) is 4.59. The first-order valence-electron chi connectivity index (χ1n) is 5.54. The van der Waals surface area contributed by atoms with Crippen LogP contribution in [0.2, 0.25) is 0 Å². The molecule has 0 aliphatic carbocycles. The molecule has 0 amide bonds. The molecule has 0 saturated carbocycles. The molecule has 1 aromatic heterocycles. The van der Waals surface area contributed by atoms with E-state index in [1.54, 1.807) is 0 Å². The fourth-order valence-corrected chi connectivity index (χ4v) is 2.36. The summed E-state index contributed by atoms with van der Waals surface area (Å²) in [6.07, 6.45) is 2.45. The standard InChI is InChI=1S/C11H19N3O2S/c1-8-7-10(9(2)14-13-8)11(12)5-4-6-17(3,15)16/h7,11H,4-6,12H2,1-3H3. The third-order valence-corrected chi connectivity index (χ3v) is 3.60. The van der Waals surface area contributed by atoms with Crippen LogP contribution in [0.25, 0.3) is 0 Å². The van der Waals surface area contributed by atoms with Crippen LogP contribution in [0, 0.1) is 13.8 Å². The van der Waals surface area contributed by atoms with Crippen LogP contribution < -0.4 is 5.73 Å². The summed E-state index contributed by atoms with van der Waals surface area (Å²) in [6, 6.07) is 1.74. The highest BCUT2D eigenvalue weighted by molar-refractivity contribution is 7.90. The Balaban J connectivity index is 2.64. The Morgan fingerprint density at radius 2 is 2.00 bits per heavy atom. The molecule has 1 rings (SSSR count). The van der Waals surface area contributed by atoms with Crippen LogP contribution in [-0.4, -0.2) is 30.6 Å². The number of aryl methyl sites for hydroxylation is 2. The quantitative estimate of drug-likeness (QED) is 0.847. The van der Waals surface area contributed by atoms with Gasteiger partial charge in [0.05, 0.1) is 11.4 Å². The lowest BCUT2D eigenvalue weighted by Crippen LogP contribution is -2.15. The molecule has 1 atom stereocenters. The van der Waals surface area contributed by atoms with Crippen LogP contribution >= 0.6 is 0 Å². The predicted octanol–water partition coefficient (Wildman–Crippen LogP) is 0.918. The van der Waals surface area contributed by atoms with Gasteiger partial charge in [-0.1, -0.05) is 0 Å². The van der Waals surface area contributed by atoms with Crippen molar-refractivity contribution in [3.05, 3.63) is 23.0 Å². The van der Waals surface area contributed by atoms with Crippen LogP contribution in [0.4, 0.5) is 0 Å². The molecule has 0 radical (unpaired) electrons. The summed E-state index contributed by atoms with van der Waals surface area (Å²) in [4.78, 5) is 0. The van der Waals surface area contributed by atoms with Crippen molar-refractivity contribution in [2.45, 2.75) is 32.7 Å². The largest absolute Gasteiger partial charge is 0.324 e. The second-order valence-electron chi connectivity index (χ2n) is 4.41. The van der Waals surface area contributed by atoms with Gasteiger partial charge in [-0.15, -0.1) is 0 Å². The lowest BCUT2D eigenvalue weighted by Gasteiger charge is -2.13. The molecule has 0 aliphatic heterocycles. The van der Waals surface area contributed by atoms with Crippen molar-refractivity contribution in [2.75, 3.05) is 12.0 Å². The molecule has 96 valence electrons. The van der Waals surface area contributed by atoms with E-state index in [0.29, 0.717) is 12.8 Å². The molecule has 17 heavy (non-hydrogen) atoms. The van der Waals surface area contributed by atoms with Crippen molar-refractivity contribution in [2.24, 2.45) is 5.73 Å². The molecule has 1 heterocycles. The van der Waals surface area contributed by atoms with E-state index in [9.17, 15) is 8.42 Å². The van der Waals surface area contributed by atoms with E-state index in [-0.39, 0.29) is 11.8 Å². The maximum atomic E-state index is 11.0. The average Bonchev–Trinajstić information content (AvgIpc) is 2.19. The highest BCUT2D eigenvalue weighted by atomic mass is 32.2. The van der Waals surface area contributed by atoms with Crippen LogP contribution in [0.1, 0.15) is 35.8 Å². The van der Waals surface area contributed by atoms with E-state index in [4.69, 9.17) is 5.73 Å². The van der Waals surface area contributed by atoms with E-state index in [1.165, 1.54) is 6.26 Å². The molecular formula is C11H19N3O2S. The molecule has 0 saturated heterocycles. The minimum absolute atomic E-state index is 0.175. The lowest BCUT2D eigenvalue weighted by atomic mass is 10.0. The van der Waals surface area contributed by atoms with Crippen LogP contribution in [-0.2, 0) is 9.84 Å². The summed E-state index contributed by atoms with van der Waals surface area (Å²) in [7, 11) is -2.90. The topological polar surface area (TPSA) is 85.9 Å². The Morgan fingerprint density at radius 1 is 1.35 bits per heavy atom. The van der Waals surface area contributed by atoms with Crippen molar-refractivity contribution < 1.29 is 8.42 Å². The number of hydrogen-bond donors (Lipinski definition) is 1. The molecule has 6 heteroatoms. The SMILES string of the molecule is Cc1cc(C(N)CCCS(C)(=O)=O)c(C)nn1. The number of nitrogens with zero attached hydrogens (tertiary/aromatic N) is 2. The van der Waals surface area contributed by atoms with Gasteiger partial charge in [0.25, 0.3) is 0 Å². The second-order valence-corrected chi connectivity index (χ2v) is 6.66. The van der Waals surface area contributed by atoms with Crippen LogP contribution in [0.15, 0.2) is 6.07 Å². The zero-order valence-corrected chi connectivity index (χ0v) is 11.3. The first-order valence-corrected chi connectivity index (χ1v) is 7.60. The smallest absolute Gasteiger partial charge is 0.147 e. The average molecular weight is 257 g/mol.